The van der Waals surface area contributed by atoms with Crippen molar-refractivity contribution in [1.29, 1.82) is 0 Å². The monoisotopic (exact) mass is 365 g/mol. The van der Waals surface area contributed by atoms with Gasteiger partial charge in [-0.3, -0.25) is 9.59 Å². The lowest BCUT2D eigenvalue weighted by Gasteiger charge is -2.20. The van der Waals surface area contributed by atoms with E-state index in [2.05, 4.69) is 17.6 Å². The summed E-state index contributed by atoms with van der Waals surface area (Å²) in [4.78, 5) is 26.2. The van der Waals surface area contributed by atoms with Gasteiger partial charge in [0, 0.05) is 30.0 Å². The maximum Gasteiger partial charge on any atom is 0.246 e. The summed E-state index contributed by atoms with van der Waals surface area (Å²) in [6.07, 6.45) is 2.51. The standard InChI is InChI=1S/C22H27N3O2/c1-4-17-7-9-18(10-8-17)24-22(27)16(3)23-19-11-12-20(15(2)14-19)25-13-5-6-21(25)26/h7-12,14,16,23H,4-6,13H2,1-3H3,(H,24,27)/t16-/m1/s1. The van der Waals surface area contributed by atoms with Gasteiger partial charge < -0.3 is 15.5 Å². The summed E-state index contributed by atoms with van der Waals surface area (Å²) in [6.45, 7) is 6.71. The van der Waals surface area contributed by atoms with E-state index in [4.69, 9.17) is 0 Å². The molecule has 2 N–H and O–H groups in total. The molecule has 2 aromatic carbocycles. The molecule has 0 aromatic heterocycles. The molecule has 0 aliphatic carbocycles. The number of nitrogens with zero attached hydrogens (tertiary/aromatic N) is 1. The van der Waals surface area contributed by atoms with Crippen molar-refractivity contribution in [2.75, 3.05) is 22.1 Å². The minimum atomic E-state index is -0.380. The fraction of sp³-hybridized carbons (Fsp3) is 0.364. The molecule has 1 atom stereocenters. The number of benzene rings is 2. The predicted octanol–water partition coefficient (Wildman–Crippen LogP) is 4.12. The van der Waals surface area contributed by atoms with Crippen LogP contribution in [0.15, 0.2) is 42.5 Å². The Morgan fingerprint density at radius 3 is 2.44 bits per heavy atom. The van der Waals surface area contributed by atoms with E-state index in [1.165, 1.54) is 5.56 Å². The first kappa shape index (κ1) is 19.0. The van der Waals surface area contributed by atoms with Crippen LogP contribution in [-0.2, 0) is 16.0 Å². The molecule has 0 bridgehead atoms. The highest BCUT2D eigenvalue weighted by molar-refractivity contribution is 5.97. The summed E-state index contributed by atoms with van der Waals surface area (Å²) >= 11 is 0. The van der Waals surface area contributed by atoms with Gasteiger partial charge in [-0.25, -0.2) is 0 Å². The molecule has 0 spiro atoms. The Morgan fingerprint density at radius 2 is 1.85 bits per heavy atom. The molecule has 1 heterocycles. The van der Waals surface area contributed by atoms with Crippen molar-refractivity contribution in [3.63, 3.8) is 0 Å². The zero-order chi connectivity index (χ0) is 19.4. The Labute approximate surface area is 160 Å². The molecule has 5 heteroatoms. The number of carbonyl (C=O) groups excluding carboxylic acids is 2. The van der Waals surface area contributed by atoms with Crippen LogP contribution in [0, 0.1) is 6.92 Å². The minimum Gasteiger partial charge on any atom is -0.374 e. The number of amides is 2. The van der Waals surface area contributed by atoms with Gasteiger partial charge in [0.05, 0.1) is 0 Å². The SMILES string of the molecule is CCc1ccc(NC(=O)[C@@H](C)Nc2ccc(N3CCCC3=O)c(C)c2)cc1. The summed E-state index contributed by atoms with van der Waals surface area (Å²) < 4.78 is 0. The van der Waals surface area contributed by atoms with Gasteiger partial charge in [-0.05, 0) is 68.1 Å². The molecule has 2 aromatic rings. The van der Waals surface area contributed by atoms with E-state index in [1.54, 1.807) is 0 Å². The quantitative estimate of drug-likeness (QED) is 0.809. The lowest BCUT2D eigenvalue weighted by atomic mass is 10.1. The lowest BCUT2D eigenvalue weighted by Crippen LogP contribution is -2.32. The zero-order valence-electron chi connectivity index (χ0n) is 16.2. The average molecular weight is 365 g/mol. The number of aryl methyl sites for hydroxylation is 2. The van der Waals surface area contributed by atoms with Crippen LogP contribution < -0.4 is 15.5 Å². The second-order valence-corrected chi connectivity index (χ2v) is 7.06. The summed E-state index contributed by atoms with van der Waals surface area (Å²) in [5.74, 6) is 0.0938. The van der Waals surface area contributed by atoms with Crippen molar-refractivity contribution in [2.45, 2.75) is 46.1 Å². The van der Waals surface area contributed by atoms with Crippen LogP contribution in [0.1, 0.15) is 37.8 Å². The maximum absolute atomic E-state index is 12.4. The third-order valence-corrected chi connectivity index (χ3v) is 4.97. The molecule has 1 saturated heterocycles. The maximum atomic E-state index is 12.4. The third kappa shape index (κ3) is 4.48. The Kier molecular flexibility index (Phi) is 5.79. The molecule has 0 unspecified atom stereocenters. The van der Waals surface area contributed by atoms with Crippen molar-refractivity contribution >= 4 is 28.9 Å². The zero-order valence-corrected chi connectivity index (χ0v) is 16.2. The van der Waals surface area contributed by atoms with Crippen molar-refractivity contribution in [2.24, 2.45) is 0 Å². The fourth-order valence-corrected chi connectivity index (χ4v) is 3.34. The average Bonchev–Trinajstić information content (AvgIpc) is 3.08. The van der Waals surface area contributed by atoms with Gasteiger partial charge in [0.15, 0.2) is 0 Å². The van der Waals surface area contributed by atoms with E-state index in [-0.39, 0.29) is 17.9 Å². The summed E-state index contributed by atoms with van der Waals surface area (Å²) in [5.41, 5.74) is 4.89. The highest BCUT2D eigenvalue weighted by atomic mass is 16.2. The summed E-state index contributed by atoms with van der Waals surface area (Å²) in [6, 6.07) is 13.4. The number of carbonyl (C=O) groups is 2. The van der Waals surface area contributed by atoms with Gasteiger partial charge in [0.1, 0.15) is 6.04 Å². The number of nitrogens with one attached hydrogen (secondary N) is 2. The number of hydrogen-bond donors (Lipinski definition) is 2. The van der Waals surface area contributed by atoms with Gasteiger partial charge in [-0.15, -0.1) is 0 Å². The highest BCUT2D eigenvalue weighted by Crippen LogP contribution is 2.27. The third-order valence-electron chi connectivity index (χ3n) is 4.97. The van der Waals surface area contributed by atoms with E-state index in [1.807, 2.05) is 61.2 Å². The van der Waals surface area contributed by atoms with Crippen LogP contribution in [0.25, 0.3) is 0 Å². The Morgan fingerprint density at radius 1 is 1.15 bits per heavy atom. The number of rotatable bonds is 6. The van der Waals surface area contributed by atoms with Gasteiger partial charge in [0.25, 0.3) is 0 Å². The topological polar surface area (TPSA) is 61.4 Å². The van der Waals surface area contributed by atoms with E-state index in [0.717, 1.165) is 42.0 Å². The van der Waals surface area contributed by atoms with Crippen LogP contribution in [0.4, 0.5) is 17.1 Å². The van der Waals surface area contributed by atoms with Crippen LogP contribution >= 0.6 is 0 Å². The number of anilines is 3. The molecule has 1 aliphatic rings. The van der Waals surface area contributed by atoms with Crippen molar-refractivity contribution < 1.29 is 9.59 Å². The molecule has 0 radical (unpaired) electrons. The van der Waals surface area contributed by atoms with Gasteiger partial charge in [-0.1, -0.05) is 19.1 Å². The molecule has 1 fully saturated rings. The molecular weight excluding hydrogens is 338 g/mol. The van der Waals surface area contributed by atoms with Crippen LogP contribution in [-0.4, -0.2) is 24.4 Å². The fourth-order valence-electron chi connectivity index (χ4n) is 3.34. The van der Waals surface area contributed by atoms with E-state index >= 15 is 0 Å². The van der Waals surface area contributed by atoms with Crippen LogP contribution in [0.3, 0.4) is 0 Å². The molecule has 5 nitrogen and oxygen atoms in total. The van der Waals surface area contributed by atoms with E-state index in [0.29, 0.717) is 6.42 Å². The summed E-state index contributed by atoms with van der Waals surface area (Å²) in [7, 11) is 0. The van der Waals surface area contributed by atoms with Gasteiger partial charge in [-0.2, -0.15) is 0 Å². The first-order chi connectivity index (χ1) is 13.0. The van der Waals surface area contributed by atoms with Crippen molar-refractivity contribution in [3.8, 4) is 0 Å². The largest absolute Gasteiger partial charge is 0.374 e. The van der Waals surface area contributed by atoms with Crippen LogP contribution in [0.5, 0.6) is 0 Å². The highest BCUT2D eigenvalue weighted by Gasteiger charge is 2.23. The molecule has 1 aliphatic heterocycles. The summed E-state index contributed by atoms with van der Waals surface area (Å²) in [5, 5.41) is 6.17. The van der Waals surface area contributed by atoms with Crippen LogP contribution in [0.2, 0.25) is 0 Å². The minimum absolute atomic E-state index is 0.0873. The molecule has 0 saturated carbocycles. The van der Waals surface area contributed by atoms with Crippen molar-refractivity contribution in [3.05, 3.63) is 53.6 Å². The normalized spacial score (nSPS) is 14.9. The van der Waals surface area contributed by atoms with Gasteiger partial charge >= 0.3 is 0 Å². The lowest BCUT2D eigenvalue weighted by molar-refractivity contribution is -0.117. The second kappa shape index (κ2) is 8.25. The van der Waals surface area contributed by atoms with E-state index < -0.39 is 0 Å². The predicted molar refractivity (Wildman–Crippen MR) is 110 cm³/mol. The first-order valence-electron chi connectivity index (χ1n) is 9.55. The molecule has 27 heavy (non-hydrogen) atoms. The number of hydrogen-bond acceptors (Lipinski definition) is 3. The molecular formula is C22H27N3O2. The second-order valence-electron chi connectivity index (χ2n) is 7.06. The van der Waals surface area contributed by atoms with E-state index in [9.17, 15) is 9.59 Å². The Balaban J connectivity index is 1.62. The smallest absolute Gasteiger partial charge is 0.246 e. The Bertz CT molecular complexity index is 830. The molecule has 142 valence electrons. The Hall–Kier alpha value is -2.82. The first-order valence-corrected chi connectivity index (χ1v) is 9.55. The van der Waals surface area contributed by atoms with Crippen molar-refractivity contribution in [1.82, 2.24) is 0 Å². The molecule has 2 amide bonds. The van der Waals surface area contributed by atoms with Gasteiger partial charge in [0.2, 0.25) is 11.8 Å². The molecule has 3 rings (SSSR count).